The van der Waals surface area contributed by atoms with Crippen molar-refractivity contribution in [1.29, 1.82) is 0 Å². The Kier molecular flexibility index (Phi) is 15.0. The number of primary amides is 1. The van der Waals surface area contributed by atoms with Crippen LogP contribution in [0.5, 0.6) is 5.75 Å². The molecule has 2 unspecified atom stereocenters. The molecule has 0 radical (unpaired) electrons. The summed E-state index contributed by atoms with van der Waals surface area (Å²) in [5, 5.41) is 16.0. The van der Waals surface area contributed by atoms with Crippen LogP contribution in [0.3, 0.4) is 0 Å². The number of phenolic OH excluding ortho intramolecular Hbond substituents is 1. The van der Waals surface area contributed by atoms with Gasteiger partial charge in [-0.05, 0) is 39.7 Å². The second-order valence-electron chi connectivity index (χ2n) is 10.8. The lowest BCUT2D eigenvalue weighted by molar-refractivity contribution is -0.143. The number of nitrogens with one attached hydrogen (secondary N) is 2. The van der Waals surface area contributed by atoms with Gasteiger partial charge in [0.15, 0.2) is 0 Å². The fourth-order valence-electron chi connectivity index (χ4n) is 4.16. The Morgan fingerprint density at radius 2 is 1.59 bits per heavy atom. The molecule has 0 saturated carbocycles. The molecule has 0 aliphatic heterocycles. The van der Waals surface area contributed by atoms with Crippen LogP contribution in [0.4, 0.5) is 4.79 Å². The molecule has 0 fully saturated rings. The van der Waals surface area contributed by atoms with Crippen molar-refractivity contribution in [1.82, 2.24) is 15.5 Å². The van der Waals surface area contributed by atoms with E-state index in [2.05, 4.69) is 24.5 Å². The molecular weight excluding hydrogens is 500 g/mol. The Morgan fingerprint density at radius 3 is 2.18 bits per heavy atom. The second kappa shape index (κ2) is 17.3. The van der Waals surface area contributed by atoms with E-state index in [1.165, 1.54) is 11.0 Å². The quantitative estimate of drug-likeness (QED) is 0.213. The highest BCUT2D eigenvalue weighted by Gasteiger charge is 2.37. The molecule has 0 spiro atoms. The number of para-hydroxylation sites is 1. The van der Waals surface area contributed by atoms with Crippen LogP contribution in [0, 0.1) is 0 Å². The lowest BCUT2D eigenvalue weighted by Crippen LogP contribution is -2.54. The van der Waals surface area contributed by atoms with Crippen molar-refractivity contribution in [3.05, 3.63) is 29.8 Å². The van der Waals surface area contributed by atoms with Gasteiger partial charge in [0.05, 0.1) is 6.42 Å². The first-order valence-corrected chi connectivity index (χ1v) is 14.0. The van der Waals surface area contributed by atoms with Gasteiger partial charge in [-0.1, -0.05) is 70.6 Å². The van der Waals surface area contributed by atoms with E-state index in [0.29, 0.717) is 13.0 Å². The molecule has 0 bridgehead atoms. The molecule has 5 N–H and O–H groups in total. The third-order valence-corrected chi connectivity index (χ3v) is 6.05. The highest BCUT2D eigenvalue weighted by atomic mass is 16.6. The zero-order chi connectivity index (χ0) is 29.4. The second-order valence-corrected chi connectivity index (χ2v) is 10.8. The molecule has 1 aromatic carbocycles. The number of alkyl carbamates (subject to hydrolysis) is 1. The number of benzene rings is 1. The summed E-state index contributed by atoms with van der Waals surface area (Å²) in [6.07, 6.45) is 5.79. The van der Waals surface area contributed by atoms with Crippen LogP contribution in [0.25, 0.3) is 0 Å². The Labute approximate surface area is 233 Å². The van der Waals surface area contributed by atoms with Crippen molar-refractivity contribution in [2.24, 2.45) is 5.73 Å². The molecule has 10 nitrogen and oxygen atoms in total. The van der Waals surface area contributed by atoms with Gasteiger partial charge in [0.2, 0.25) is 17.7 Å². The van der Waals surface area contributed by atoms with Gasteiger partial charge in [0, 0.05) is 18.7 Å². The third-order valence-electron chi connectivity index (χ3n) is 6.05. The predicted octanol–water partition coefficient (Wildman–Crippen LogP) is 4.31. The number of hydrogen-bond acceptors (Lipinski definition) is 6. The summed E-state index contributed by atoms with van der Waals surface area (Å²) >= 11 is 0. The Bertz CT molecular complexity index is 931. The summed E-state index contributed by atoms with van der Waals surface area (Å²) in [6, 6.07) is 3.82. The standard InChI is InChI=1S/C29H48N4O6/c1-6-8-10-11-15-19-33(27(37)22(20-24(30)35)32-28(38)39-29(3,4)5)25(21-16-12-13-17-23(21)34)26(36)31-18-14-9-7-2/h12-13,16-17,22,25,34H,6-11,14-15,18-20H2,1-5H3,(H2,30,35)(H,31,36)(H,32,38). The molecule has 0 saturated heterocycles. The van der Waals surface area contributed by atoms with E-state index in [9.17, 15) is 24.3 Å². The van der Waals surface area contributed by atoms with Crippen LogP contribution in [-0.4, -0.2) is 58.6 Å². The number of amides is 4. The minimum atomic E-state index is -1.35. The van der Waals surface area contributed by atoms with Gasteiger partial charge in [-0.25, -0.2) is 4.79 Å². The fourth-order valence-corrected chi connectivity index (χ4v) is 4.16. The van der Waals surface area contributed by atoms with E-state index in [1.54, 1.807) is 39.0 Å². The molecule has 1 aromatic rings. The van der Waals surface area contributed by atoms with Gasteiger partial charge in [0.1, 0.15) is 23.4 Å². The number of hydrogen-bond donors (Lipinski definition) is 4. The van der Waals surface area contributed by atoms with Crippen LogP contribution in [0.2, 0.25) is 0 Å². The van der Waals surface area contributed by atoms with Gasteiger partial charge < -0.3 is 31.1 Å². The zero-order valence-electron chi connectivity index (χ0n) is 24.3. The van der Waals surface area contributed by atoms with Crippen molar-refractivity contribution in [2.75, 3.05) is 13.1 Å². The summed E-state index contributed by atoms with van der Waals surface area (Å²) in [7, 11) is 0. The third kappa shape index (κ3) is 12.9. The van der Waals surface area contributed by atoms with Crippen molar-refractivity contribution in [3.63, 3.8) is 0 Å². The smallest absolute Gasteiger partial charge is 0.408 e. The Hall–Kier alpha value is -3.30. The minimum absolute atomic E-state index is 0.137. The number of nitrogens with zero attached hydrogens (tertiary/aromatic N) is 1. The highest BCUT2D eigenvalue weighted by molar-refractivity contribution is 5.94. The topological polar surface area (TPSA) is 151 Å². The summed E-state index contributed by atoms with van der Waals surface area (Å²) in [6.45, 7) is 9.78. The number of ether oxygens (including phenoxy) is 1. The average molecular weight is 549 g/mol. The molecular formula is C29H48N4O6. The van der Waals surface area contributed by atoms with E-state index < -0.39 is 47.9 Å². The van der Waals surface area contributed by atoms with Gasteiger partial charge in [0.25, 0.3) is 0 Å². The number of aromatic hydroxyl groups is 1. The van der Waals surface area contributed by atoms with Crippen molar-refractivity contribution in [2.45, 2.75) is 110 Å². The first-order chi connectivity index (χ1) is 18.4. The average Bonchev–Trinajstić information content (AvgIpc) is 2.84. The number of phenols is 1. The summed E-state index contributed by atoms with van der Waals surface area (Å²) in [5.41, 5.74) is 4.85. The van der Waals surface area contributed by atoms with E-state index in [4.69, 9.17) is 10.5 Å². The highest BCUT2D eigenvalue weighted by Crippen LogP contribution is 2.30. The van der Waals surface area contributed by atoms with E-state index >= 15 is 0 Å². The number of nitrogens with two attached hydrogens (primary N) is 1. The van der Waals surface area contributed by atoms with Gasteiger partial charge in [-0.2, -0.15) is 0 Å². The molecule has 4 amide bonds. The number of carbonyl (C=O) groups excluding carboxylic acids is 4. The summed E-state index contributed by atoms with van der Waals surface area (Å²) in [4.78, 5) is 53.4. The lowest BCUT2D eigenvalue weighted by Gasteiger charge is -2.34. The van der Waals surface area contributed by atoms with Crippen molar-refractivity contribution >= 4 is 23.8 Å². The van der Waals surface area contributed by atoms with Crippen LogP contribution < -0.4 is 16.4 Å². The fraction of sp³-hybridized carbons (Fsp3) is 0.655. The van der Waals surface area contributed by atoms with E-state index in [1.807, 2.05) is 0 Å². The van der Waals surface area contributed by atoms with E-state index in [0.717, 1.165) is 44.9 Å². The molecule has 0 aromatic heterocycles. The molecule has 220 valence electrons. The maximum atomic E-state index is 14.0. The van der Waals surface area contributed by atoms with Crippen molar-refractivity contribution < 1.29 is 29.0 Å². The Balaban J connectivity index is 3.44. The van der Waals surface area contributed by atoms with Crippen molar-refractivity contribution in [3.8, 4) is 5.75 Å². The van der Waals surface area contributed by atoms with Crippen LogP contribution >= 0.6 is 0 Å². The normalized spacial score (nSPS) is 12.7. The lowest BCUT2D eigenvalue weighted by atomic mass is 10.00. The predicted molar refractivity (Wildman–Crippen MR) is 151 cm³/mol. The largest absolute Gasteiger partial charge is 0.508 e. The molecule has 1 rings (SSSR count). The maximum absolute atomic E-state index is 14.0. The minimum Gasteiger partial charge on any atom is -0.508 e. The maximum Gasteiger partial charge on any atom is 0.408 e. The molecule has 39 heavy (non-hydrogen) atoms. The monoisotopic (exact) mass is 548 g/mol. The first kappa shape index (κ1) is 33.7. The van der Waals surface area contributed by atoms with Gasteiger partial charge >= 0.3 is 6.09 Å². The molecule has 0 aliphatic rings. The van der Waals surface area contributed by atoms with Gasteiger partial charge in [-0.3, -0.25) is 14.4 Å². The molecule has 2 atom stereocenters. The molecule has 0 heterocycles. The van der Waals surface area contributed by atoms with Crippen LogP contribution in [0.1, 0.15) is 104 Å². The summed E-state index contributed by atoms with van der Waals surface area (Å²) in [5.74, 6) is -2.05. The molecule has 10 heteroatoms. The number of carbonyl (C=O) groups is 4. The zero-order valence-corrected chi connectivity index (χ0v) is 24.3. The van der Waals surface area contributed by atoms with Gasteiger partial charge in [-0.15, -0.1) is 0 Å². The SMILES string of the molecule is CCCCCCCN(C(=O)C(CC(N)=O)NC(=O)OC(C)(C)C)C(C(=O)NCCCCC)c1ccccc1O. The molecule has 0 aliphatic carbocycles. The van der Waals surface area contributed by atoms with E-state index in [-0.39, 0.29) is 17.9 Å². The summed E-state index contributed by atoms with van der Waals surface area (Å²) < 4.78 is 5.30. The number of unbranched alkanes of at least 4 members (excludes halogenated alkanes) is 6. The number of rotatable bonds is 17. The first-order valence-electron chi connectivity index (χ1n) is 14.0. The van der Waals surface area contributed by atoms with Crippen LogP contribution in [-0.2, 0) is 19.1 Å². The Morgan fingerprint density at radius 1 is 0.974 bits per heavy atom. The van der Waals surface area contributed by atoms with Crippen LogP contribution in [0.15, 0.2) is 24.3 Å².